The Balaban J connectivity index is 2.58. The number of nitrogens with zero attached hydrogens (tertiary/aromatic N) is 1. The van der Waals surface area contributed by atoms with Gasteiger partial charge in [-0.2, -0.15) is 0 Å². The second-order valence-corrected chi connectivity index (χ2v) is 4.04. The molecule has 2 aromatic rings. The first-order valence-corrected chi connectivity index (χ1v) is 6.12. The number of ketones is 1. The van der Waals surface area contributed by atoms with E-state index in [4.69, 9.17) is 4.74 Å². The summed E-state index contributed by atoms with van der Waals surface area (Å²) in [5.74, 6) is -1.49. The van der Waals surface area contributed by atoms with Gasteiger partial charge in [-0.25, -0.2) is 4.79 Å². The summed E-state index contributed by atoms with van der Waals surface area (Å²) in [6, 6.07) is 6.62. The van der Waals surface area contributed by atoms with Gasteiger partial charge in [0.1, 0.15) is 5.75 Å². The van der Waals surface area contributed by atoms with Crippen molar-refractivity contribution in [3.05, 3.63) is 30.0 Å². The number of phenolic OH excluding ortho intramolecular Hbond substituents is 1. The first kappa shape index (κ1) is 13.1. The van der Waals surface area contributed by atoms with E-state index in [0.717, 1.165) is 5.39 Å². The molecule has 100 valence electrons. The van der Waals surface area contributed by atoms with E-state index in [1.807, 2.05) is 6.92 Å². The lowest BCUT2D eigenvalue weighted by molar-refractivity contribution is -0.137. The molecule has 0 fully saturated rings. The van der Waals surface area contributed by atoms with Gasteiger partial charge in [-0.1, -0.05) is 12.1 Å². The van der Waals surface area contributed by atoms with Crippen LogP contribution >= 0.6 is 0 Å². The third-order valence-corrected chi connectivity index (χ3v) is 2.91. The second kappa shape index (κ2) is 5.14. The summed E-state index contributed by atoms with van der Waals surface area (Å²) in [7, 11) is 0. The average molecular weight is 261 g/mol. The lowest BCUT2D eigenvalue weighted by Crippen LogP contribution is -2.20. The van der Waals surface area contributed by atoms with E-state index in [2.05, 4.69) is 0 Å². The van der Waals surface area contributed by atoms with Gasteiger partial charge in [0, 0.05) is 11.9 Å². The summed E-state index contributed by atoms with van der Waals surface area (Å²) in [6.45, 7) is 4.11. The molecule has 1 aromatic heterocycles. The number of fused-ring (bicyclic) bond motifs is 1. The molecule has 0 bridgehead atoms. The molecule has 19 heavy (non-hydrogen) atoms. The van der Waals surface area contributed by atoms with Gasteiger partial charge in [-0.05, 0) is 26.0 Å². The monoisotopic (exact) mass is 261 g/mol. The Labute approximate surface area is 110 Å². The highest BCUT2D eigenvalue weighted by Crippen LogP contribution is 2.28. The van der Waals surface area contributed by atoms with Crippen LogP contribution in [-0.2, 0) is 16.1 Å². The van der Waals surface area contributed by atoms with Gasteiger partial charge < -0.3 is 14.4 Å². The highest BCUT2D eigenvalue weighted by Gasteiger charge is 2.23. The summed E-state index contributed by atoms with van der Waals surface area (Å²) in [6.07, 6.45) is 0. The molecule has 5 heteroatoms. The number of para-hydroxylation sites is 1. The van der Waals surface area contributed by atoms with E-state index in [1.165, 1.54) is 0 Å². The van der Waals surface area contributed by atoms with Crippen LogP contribution in [0.5, 0.6) is 5.75 Å². The number of aromatic hydroxyl groups is 1. The van der Waals surface area contributed by atoms with E-state index in [9.17, 15) is 14.7 Å². The number of esters is 1. The minimum Gasteiger partial charge on any atom is -0.506 e. The molecule has 0 saturated carbocycles. The Hall–Kier alpha value is -2.30. The third-order valence-electron chi connectivity index (χ3n) is 2.91. The highest BCUT2D eigenvalue weighted by molar-refractivity contribution is 6.40. The number of carbonyl (C=O) groups excluding carboxylic acids is 2. The maximum atomic E-state index is 12.0. The predicted molar refractivity (Wildman–Crippen MR) is 70.2 cm³/mol. The summed E-state index contributed by atoms with van der Waals surface area (Å²) in [4.78, 5) is 23.5. The molecule has 0 amide bonds. The van der Waals surface area contributed by atoms with E-state index in [0.29, 0.717) is 12.1 Å². The molecule has 0 aliphatic carbocycles. The maximum absolute atomic E-state index is 12.0. The van der Waals surface area contributed by atoms with E-state index >= 15 is 0 Å². The van der Waals surface area contributed by atoms with Crippen molar-refractivity contribution >= 4 is 22.7 Å². The fourth-order valence-electron chi connectivity index (χ4n) is 2.12. The average Bonchev–Trinajstić information content (AvgIpc) is 2.78. The zero-order valence-corrected chi connectivity index (χ0v) is 10.8. The van der Waals surface area contributed by atoms with Crippen LogP contribution in [0.1, 0.15) is 24.3 Å². The zero-order chi connectivity index (χ0) is 14.0. The molecule has 0 spiro atoms. The van der Waals surface area contributed by atoms with Gasteiger partial charge in [-0.3, -0.25) is 4.79 Å². The van der Waals surface area contributed by atoms with Crippen LogP contribution in [0.25, 0.3) is 10.9 Å². The van der Waals surface area contributed by atoms with Crippen molar-refractivity contribution in [2.75, 3.05) is 6.61 Å². The van der Waals surface area contributed by atoms with Crippen molar-refractivity contribution in [2.24, 2.45) is 0 Å². The number of rotatable bonds is 4. The van der Waals surface area contributed by atoms with Crippen LogP contribution < -0.4 is 0 Å². The fraction of sp³-hybridized carbons (Fsp3) is 0.286. The van der Waals surface area contributed by atoms with Gasteiger partial charge in [0.05, 0.1) is 17.8 Å². The quantitative estimate of drug-likeness (QED) is 0.520. The molecule has 1 N–H and O–H groups in total. The first-order chi connectivity index (χ1) is 9.10. The van der Waals surface area contributed by atoms with Crippen LogP contribution in [0.15, 0.2) is 24.3 Å². The molecule has 2 rings (SSSR count). The Kier molecular flexibility index (Phi) is 3.55. The molecule has 0 aliphatic heterocycles. The van der Waals surface area contributed by atoms with Gasteiger partial charge in [0.25, 0.3) is 5.78 Å². The van der Waals surface area contributed by atoms with Crippen molar-refractivity contribution in [3.63, 3.8) is 0 Å². The Morgan fingerprint density at radius 3 is 2.68 bits per heavy atom. The highest BCUT2D eigenvalue weighted by atomic mass is 16.5. The first-order valence-electron chi connectivity index (χ1n) is 6.12. The molecule has 0 atom stereocenters. The summed E-state index contributed by atoms with van der Waals surface area (Å²) < 4.78 is 6.33. The third kappa shape index (κ3) is 2.19. The van der Waals surface area contributed by atoms with Crippen LogP contribution in [0.2, 0.25) is 0 Å². The van der Waals surface area contributed by atoms with E-state index in [-0.39, 0.29) is 18.1 Å². The van der Waals surface area contributed by atoms with Crippen molar-refractivity contribution in [1.29, 1.82) is 0 Å². The molecule has 0 radical (unpaired) electrons. The SMILES string of the molecule is CCOC(=O)C(=O)c1cc2cccc(O)c2n1CC. The van der Waals surface area contributed by atoms with Crippen molar-refractivity contribution in [2.45, 2.75) is 20.4 Å². The molecule has 5 nitrogen and oxygen atoms in total. The maximum Gasteiger partial charge on any atom is 0.381 e. The minimum atomic E-state index is -0.875. The Morgan fingerprint density at radius 2 is 2.05 bits per heavy atom. The molecule has 0 aliphatic rings. The summed E-state index contributed by atoms with van der Waals surface area (Å²) >= 11 is 0. The van der Waals surface area contributed by atoms with Gasteiger partial charge in [0.15, 0.2) is 0 Å². The van der Waals surface area contributed by atoms with Gasteiger partial charge in [0.2, 0.25) is 0 Å². The molecular formula is C14H15NO4. The second-order valence-electron chi connectivity index (χ2n) is 4.04. The van der Waals surface area contributed by atoms with Crippen LogP contribution in [0.3, 0.4) is 0 Å². The number of hydrogen-bond acceptors (Lipinski definition) is 4. The lowest BCUT2D eigenvalue weighted by atomic mass is 10.2. The topological polar surface area (TPSA) is 68.5 Å². The number of aromatic nitrogens is 1. The number of phenols is 1. The molecule has 1 aromatic carbocycles. The zero-order valence-electron chi connectivity index (χ0n) is 10.8. The van der Waals surface area contributed by atoms with Crippen molar-refractivity contribution < 1.29 is 19.4 Å². The van der Waals surface area contributed by atoms with Gasteiger partial charge >= 0.3 is 5.97 Å². The standard InChI is InChI=1S/C14H15NO4/c1-3-15-10(13(17)14(18)19-4-2)8-9-6-5-7-11(16)12(9)15/h5-8,16H,3-4H2,1-2H3. The predicted octanol–water partition coefficient (Wildman–Crippen LogP) is 2.11. The van der Waals surface area contributed by atoms with Crippen molar-refractivity contribution in [3.8, 4) is 5.75 Å². The van der Waals surface area contributed by atoms with Gasteiger partial charge in [-0.15, -0.1) is 0 Å². The number of benzene rings is 1. The number of hydrogen-bond donors (Lipinski definition) is 1. The largest absolute Gasteiger partial charge is 0.506 e. The van der Waals surface area contributed by atoms with E-state index < -0.39 is 11.8 Å². The lowest BCUT2D eigenvalue weighted by Gasteiger charge is -2.07. The smallest absolute Gasteiger partial charge is 0.381 e. The minimum absolute atomic E-state index is 0.0854. The molecular weight excluding hydrogens is 246 g/mol. The summed E-state index contributed by atoms with van der Waals surface area (Å²) in [5, 5.41) is 10.6. The number of Topliss-reactive ketones (excluding diaryl/α,β-unsaturated/α-hetero) is 1. The van der Waals surface area contributed by atoms with Crippen molar-refractivity contribution in [1.82, 2.24) is 4.57 Å². The number of ether oxygens (including phenoxy) is 1. The van der Waals surface area contributed by atoms with E-state index in [1.54, 1.807) is 35.8 Å². The number of aryl methyl sites for hydroxylation is 1. The normalized spacial score (nSPS) is 10.6. The Morgan fingerprint density at radius 1 is 1.32 bits per heavy atom. The van der Waals surface area contributed by atoms with Crippen LogP contribution in [-0.4, -0.2) is 28.0 Å². The summed E-state index contributed by atoms with van der Waals surface area (Å²) in [5.41, 5.74) is 0.787. The Bertz CT molecular complexity index is 642. The van der Waals surface area contributed by atoms with Crippen LogP contribution in [0, 0.1) is 0 Å². The molecule has 0 unspecified atom stereocenters. The molecule has 1 heterocycles. The van der Waals surface area contributed by atoms with Crippen LogP contribution in [0.4, 0.5) is 0 Å². The molecule has 0 saturated heterocycles. The number of carbonyl (C=O) groups is 2. The fourth-order valence-corrected chi connectivity index (χ4v) is 2.12.